The largest absolute Gasteiger partial charge is 0.368 e. The van der Waals surface area contributed by atoms with Crippen LogP contribution in [0.3, 0.4) is 0 Å². The monoisotopic (exact) mass is 397 g/mol. The lowest BCUT2D eigenvalue weighted by atomic mass is 10.1. The van der Waals surface area contributed by atoms with Crippen molar-refractivity contribution in [2.45, 2.75) is 19.8 Å². The smallest absolute Gasteiger partial charge is 0.255 e. The van der Waals surface area contributed by atoms with Crippen molar-refractivity contribution in [3.63, 3.8) is 0 Å². The second kappa shape index (κ2) is 7.84. The van der Waals surface area contributed by atoms with Crippen molar-refractivity contribution in [3.05, 3.63) is 58.6 Å². The van der Waals surface area contributed by atoms with Gasteiger partial charge in [0.1, 0.15) is 0 Å². The maximum absolute atomic E-state index is 12.5. The molecule has 28 heavy (non-hydrogen) atoms. The zero-order valence-corrected chi connectivity index (χ0v) is 16.7. The number of anilines is 2. The zero-order valence-electron chi connectivity index (χ0n) is 16.0. The normalized spacial score (nSPS) is 16.8. The minimum atomic E-state index is -0.156. The van der Waals surface area contributed by atoms with Crippen LogP contribution in [0.15, 0.2) is 42.5 Å². The van der Waals surface area contributed by atoms with Crippen LogP contribution >= 0.6 is 11.6 Å². The Kier molecular flexibility index (Phi) is 5.27. The van der Waals surface area contributed by atoms with Crippen LogP contribution in [0.2, 0.25) is 5.02 Å². The molecule has 1 saturated heterocycles. The van der Waals surface area contributed by atoms with Crippen molar-refractivity contribution in [3.8, 4) is 0 Å². The van der Waals surface area contributed by atoms with Gasteiger partial charge < -0.3 is 15.1 Å². The third-order valence-corrected chi connectivity index (χ3v) is 5.70. The molecule has 1 saturated carbocycles. The molecule has 4 rings (SSSR count). The van der Waals surface area contributed by atoms with Crippen LogP contribution in [0.1, 0.15) is 28.8 Å². The number of carbonyl (C=O) groups excluding carboxylic acids is 2. The number of piperazine rings is 1. The summed E-state index contributed by atoms with van der Waals surface area (Å²) < 4.78 is 0. The Labute approximate surface area is 170 Å². The molecule has 6 heteroatoms. The van der Waals surface area contributed by atoms with Crippen LogP contribution in [-0.4, -0.2) is 42.9 Å². The van der Waals surface area contributed by atoms with Gasteiger partial charge in [-0.2, -0.15) is 0 Å². The fourth-order valence-corrected chi connectivity index (χ4v) is 3.69. The standard InChI is InChI=1S/C22H24ClN3O2/c1-15-2-7-18(23)14-20(15)24-21(27)16-5-8-19(9-6-16)25-10-12-26(13-11-25)22(28)17-3-4-17/h2,5-9,14,17H,3-4,10-13H2,1H3,(H,24,27). The Balaban J connectivity index is 1.36. The first-order valence-corrected chi connectivity index (χ1v) is 10.1. The van der Waals surface area contributed by atoms with E-state index in [9.17, 15) is 9.59 Å². The summed E-state index contributed by atoms with van der Waals surface area (Å²) in [5, 5.41) is 3.51. The highest BCUT2D eigenvalue weighted by Crippen LogP contribution is 2.31. The Morgan fingerprint density at radius 3 is 2.32 bits per heavy atom. The molecule has 0 spiro atoms. The molecule has 2 fully saturated rings. The van der Waals surface area contributed by atoms with Gasteiger partial charge in [-0.15, -0.1) is 0 Å². The van der Waals surface area contributed by atoms with Gasteiger partial charge in [0.15, 0.2) is 0 Å². The summed E-state index contributed by atoms with van der Waals surface area (Å²) in [5.74, 6) is 0.451. The van der Waals surface area contributed by atoms with Crippen molar-refractivity contribution in [2.24, 2.45) is 5.92 Å². The van der Waals surface area contributed by atoms with Gasteiger partial charge in [-0.3, -0.25) is 9.59 Å². The van der Waals surface area contributed by atoms with Gasteiger partial charge in [0.05, 0.1) is 0 Å². The highest BCUT2D eigenvalue weighted by atomic mass is 35.5. The lowest BCUT2D eigenvalue weighted by molar-refractivity contribution is -0.132. The third-order valence-electron chi connectivity index (χ3n) is 5.46. The summed E-state index contributed by atoms with van der Waals surface area (Å²) in [6, 6.07) is 13.1. The molecule has 146 valence electrons. The Morgan fingerprint density at radius 1 is 1.00 bits per heavy atom. The molecule has 0 aromatic heterocycles. The number of halogens is 1. The van der Waals surface area contributed by atoms with E-state index < -0.39 is 0 Å². The summed E-state index contributed by atoms with van der Waals surface area (Å²) in [7, 11) is 0. The molecular formula is C22H24ClN3O2. The predicted octanol–water partition coefficient (Wildman–Crippen LogP) is 3.96. The van der Waals surface area contributed by atoms with E-state index in [0.29, 0.717) is 16.5 Å². The minimum Gasteiger partial charge on any atom is -0.368 e. The SMILES string of the molecule is Cc1ccc(Cl)cc1NC(=O)c1ccc(N2CCN(C(=O)C3CC3)CC2)cc1. The predicted molar refractivity (Wildman–Crippen MR) is 112 cm³/mol. The van der Waals surface area contributed by atoms with Crippen LogP contribution < -0.4 is 10.2 Å². The van der Waals surface area contributed by atoms with Crippen LogP contribution in [0.25, 0.3) is 0 Å². The van der Waals surface area contributed by atoms with Gasteiger partial charge in [0, 0.05) is 54.1 Å². The highest BCUT2D eigenvalue weighted by Gasteiger charge is 2.34. The van der Waals surface area contributed by atoms with Gasteiger partial charge in [-0.1, -0.05) is 17.7 Å². The van der Waals surface area contributed by atoms with E-state index in [4.69, 9.17) is 11.6 Å². The van der Waals surface area contributed by atoms with Crippen molar-refractivity contribution < 1.29 is 9.59 Å². The quantitative estimate of drug-likeness (QED) is 0.849. The molecule has 1 N–H and O–H groups in total. The number of carbonyl (C=O) groups is 2. The first-order valence-electron chi connectivity index (χ1n) is 9.72. The number of hydrogen-bond acceptors (Lipinski definition) is 3. The molecule has 0 radical (unpaired) electrons. The number of hydrogen-bond donors (Lipinski definition) is 1. The number of nitrogens with one attached hydrogen (secondary N) is 1. The summed E-state index contributed by atoms with van der Waals surface area (Å²) >= 11 is 6.02. The lowest BCUT2D eigenvalue weighted by Crippen LogP contribution is -2.49. The summed E-state index contributed by atoms with van der Waals surface area (Å²) in [5.41, 5.74) is 3.37. The molecule has 2 aliphatic rings. The lowest BCUT2D eigenvalue weighted by Gasteiger charge is -2.36. The number of amides is 2. The fraction of sp³-hybridized carbons (Fsp3) is 0.364. The van der Waals surface area contributed by atoms with Crippen molar-refractivity contribution in [2.75, 3.05) is 36.4 Å². The second-order valence-electron chi connectivity index (χ2n) is 7.55. The van der Waals surface area contributed by atoms with Crippen molar-refractivity contribution in [1.82, 2.24) is 4.90 Å². The molecular weight excluding hydrogens is 374 g/mol. The molecule has 1 aliphatic heterocycles. The Morgan fingerprint density at radius 2 is 1.68 bits per heavy atom. The van der Waals surface area contributed by atoms with E-state index in [1.54, 1.807) is 12.1 Å². The number of benzene rings is 2. The molecule has 1 heterocycles. The van der Waals surface area contributed by atoms with E-state index in [1.165, 1.54) is 0 Å². The van der Waals surface area contributed by atoms with Crippen LogP contribution in [-0.2, 0) is 4.79 Å². The molecule has 0 bridgehead atoms. The fourth-order valence-electron chi connectivity index (χ4n) is 3.52. The molecule has 2 amide bonds. The van der Waals surface area contributed by atoms with Gasteiger partial charge in [-0.05, 0) is 61.7 Å². The molecule has 2 aromatic carbocycles. The number of aryl methyl sites for hydroxylation is 1. The van der Waals surface area contributed by atoms with E-state index in [2.05, 4.69) is 10.2 Å². The van der Waals surface area contributed by atoms with Crippen molar-refractivity contribution in [1.29, 1.82) is 0 Å². The third kappa shape index (κ3) is 4.14. The average molecular weight is 398 g/mol. The van der Waals surface area contributed by atoms with E-state index in [0.717, 1.165) is 56.0 Å². The number of rotatable bonds is 4. The van der Waals surface area contributed by atoms with Gasteiger partial charge in [0.25, 0.3) is 5.91 Å². The maximum atomic E-state index is 12.5. The first kappa shape index (κ1) is 18.8. The van der Waals surface area contributed by atoms with Crippen molar-refractivity contribution >= 4 is 34.8 Å². The van der Waals surface area contributed by atoms with E-state index in [-0.39, 0.29) is 11.8 Å². The van der Waals surface area contributed by atoms with Gasteiger partial charge >= 0.3 is 0 Å². The first-order chi connectivity index (χ1) is 13.5. The van der Waals surface area contributed by atoms with Gasteiger partial charge in [-0.25, -0.2) is 0 Å². The topological polar surface area (TPSA) is 52.7 Å². The minimum absolute atomic E-state index is 0.156. The average Bonchev–Trinajstić information content (AvgIpc) is 3.56. The van der Waals surface area contributed by atoms with Crippen LogP contribution in [0.5, 0.6) is 0 Å². The molecule has 5 nitrogen and oxygen atoms in total. The zero-order chi connectivity index (χ0) is 19.7. The number of nitrogens with zero attached hydrogens (tertiary/aromatic N) is 2. The molecule has 0 unspecified atom stereocenters. The molecule has 1 aliphatic carbocycles. The highest BCUT2D eigenvalue weighted by molar-refractivity contribution is 6.31. The van der Waals surface area contributed by atoms with Gasteiger partial charge in [0.2, 0.25) is 5.91 Å². The van der Waals surface area contributed by atoms with E-state index >= 15 is 0 Å². The van der Waals surface area contributed by atoms with Crippen LogP contribution in [0, 0.1) is 12.8 Å². The van der Waals surface area contributed by atoms with E-state index in [1.807, 2.05) is 42.2 Å². The summed E-state index contributed by atoms with van der Waals surface area (Å²) in [6.45, 7) is 5.12. The summed E-state index contributed by atoms with van der Waals surface area (Å²) in [4.78, 5) is 29.0. The maximum Gasteiger partial charge on any atom is 0.255 e. The molecule has 2 aromatic rings. The second-order valence-corrected chi connectivity index (χ2v) is 7.98. The molecule has 0 atom stereocenters. The summed E-state index contributed by atoms with van der Waals surface area (Å²) in [6.07, 6.45) is 2.11. The van der Waals surface area contributed by atoms with Crippen LogP contribution in [0.4, 0.5) is 11.4 Å². The Bertz CT molecular complexity index is 885. The Hall–Kier alpha value is -2.53.